The summed E-state index contributed by atoms with van der Waals surface area (Å²) in [6.07, 6.45) is 0. The zero-order valence-corrected chi connectivity index (χ0v) is 27.5. The van der Waals surface area contributed by atoms with Gasteiger partial charge in [0.1, 0.15) is 0 Å². The average molecular weight is 590 g/mol. The van der Waals surface area contributed by atoms with E-state index in [1.807, 2.05) is 0 Å². The molecule has 0 bridgehead atoms. The van der Waals surface area contributed by atoms with Crippen molar-refractivity contribution in [1.82, 2.24) is 0 Å². The molecule has 0 radical (unpaired) electrons. The van der Waals surface area contributed by atoms with Gasteiger partial charge in [-0.2, -0.15) is 0 Å². The van der Waals surface area contributed by atoms with Crippen LogP contribution in [0.25, 0.3) is 5.57 Å². The summed E-state index contributed by atoms with van der Waals surface area (Å²) in [7, 11) is -0.644. The molecular weight excluding hydrogens is 555 g/mol. The molecule has 188 valence electrons. The molecule has 2 atom stereocenters. The quantitative estimate of drug-likeness (QED) is 0.302. The molecule has 5 heteroatoms. The standard InChI is InChI=1S/C31H35Si.3ClH.Ti/c1-19-16-20(2)18-27(17-19)32-31(28-15-11-12-21(3)22(28)4)30-25(7)23(5)24(6)29(30)26-13-9-8-10-14-26;;;;/h8-18,31H,32H2,1-7H3;3*1H;/q;;;;+3/p-3. The normalized spacial score (nSPS) is 18.1. The van der Waals surface area contributed by atoms with Gasteiger partial charge in [0.05, 0.1) is 0 Å². The molecule has 1 aliphatic rings. The molecule has 0 saturated carbocycles. The van der Waals surface area contributed by atoms with Crippen molar-refractivity contribution in [2.24, 2.45) is 0 Å². The van der Waals surface area contributed by atoms with Crippen LogP contribution in [0.4, 0.5) is 0 Å². The van der Waals surface area contributed by atoms with Crippen LogP contribution in [0.3, 0.4) is 0 Å². The first kappa shape index (κ1) is 33.0. The van der Waals surface area contributed by atoms with Crippen LogP contribution in [0, 0.1) is 27.7 Å². The molecule has 0 amide bonds. The van der Waals surface area contributed by atoms with Gasteiger partial charge in [0, 0.05) is 0 Å². The van der Waals surface area contributed by atoms with Crippen LogP contribution in [0.2, 0.25) is 3.72 Å². The molecule has 2 unspecified atom stereocenters. The molecule has 36 heavy (non-hydrogen) atoms. The van der Waals surface area contributed by atoms with Crippen molar-refractivity contribution in [2.75, 3.05) is 0 Å². The molecule has 0 spiro atoms. The van der Waals surface area contributed by atoms with Gasteiger partial charge in [-0.15, -0.1) is 0 Å². The molecule has 0 heterocycles. The van der Waals surface area contributed by atoms with Crippen LogP contribution in [-0.2, 0) is 20.4 Å². The Kier molecular flexibility index (Phi) is 12.0. The van der Waals surface area contributed by atoms with E-state index < -0.39 is 9.52 Å². The van der Waals surface area contributed by atoms with Gasteiger partial charge in [0.2, 0.25) is 0 Å². The van der Waals surface area contributed by atoms with Gasteiger partial charge in [0.25, 0.3) is 0 Å². The molecule has 3 aromatic carbocycles. The number of aryl methyl sites for hydroxylation is 3. The number of allylic oxidation sites excluding steroid dienone is 4. The van der Waals surface area contributed by atoms with Crippen LogP contribution in [0.5, 0.6) is 0 Å². The number of hydrogen-bond acceptors (Lipinski definition) is 0. The Labute approximate surface area is 250 Å². The minimum atomic E-state index is -0.644. The van der Waals surface area contributed by atoms with E-state index in [-0.39, 0.29) is 40.9 Å². The minimum absolute atomic E-state index is 0. The molecule has 0 saturated heterocycles. The summed E-state index contributed by atoms with van der Waals surface area (Å²) in [4.78, 5) is 0. The first-order valence-corrected chi connectivity index (χ1v) is 14.3. The van der Waals surface area contributed by atoms with E-state index in [0.29, 0.717) is 5.54 Å². The van der Waals surface area contributed by atoms with Crippen molar-refractivity contribution in [3.05, 3.63) is 117 Å². The maximum atomic E-state index is 2.53. The van der Waals surface area contributed by atoms with Gasteiger partial charge >= 0.3 is 215 Å². The smallest absolute Gasteiger partial charge is 1.00 e. The zero-order valence-electron chi connectivity index (χ0n) is 22.3. The van der Waals surface area contributed by atoms with Crippen molar-refractivity contribution in [3.8, 4) is 0 Å². The van der Waals surface area contributed by atoms with Crippen LogP contribution in [0.15, 0.2) is 83.4 Å². The van der Waals surface area contributed by atoms with E-state index in [0.717, 1.165) is 0 Å². The minimum Gasteiger partial charge on any atom is -1.00 e. The van der Waals surface area contributed by atoms with E-state index in [2.05, 4.69) is 136 Å². The topological polar surface area (TPSA) is 0 Å². The Bertz CT molecular complexity index is 1260. The Morgan fingerprint density at radius 2 is 1.28 bits per heavy atom. The third-order valence-electron chi connectivity index (χ3n) is 7.81. The second kappa shape index (κ2) is 13.1. The summed E-state index contributed by atoms with van der Waals surface area (Å²) in [6, 6.07) is 25.3. The average Bonchev–Trinajstić information content (AvgIpc) is 2.95. The fourth-order valence-corrected chi connectivity index (χ4v) is 10.2. The van der Waals surface area contributed by atoms with Crippen molar-refractivity contribution < 1.29 is 57.7 Å². The largest absolute Gasteiger partial charge is 1.00 e. The van der Waals surface area contributed by atoms with E-state index >= 15 is 0 Å². The Morgan fingerprint density at radius 1 is 0.694 bits per heavy atom. The number of hydrogen-bond donors (Lipinski definition) is 0. The van der Waals surface area contributed by atoms with E-state index in [1.165, 1.54) is 44.5 Å². The van der Waals surface area contributed by atoms with Crippen LogP contribution < -0.4 is 42.4 Å². The number of benzene rings is 3. The summed E-state index contributed by atoms with van der Waals surface area (Å²) in [5.41, 5.74) is 15.0. The second-order valence-electron chi connectivity index (χ2n) is 9.97. The van der Waals surface area contributed by atoms with Gasteiger partial charge in [0.15, 0.2) is 0 Å². The van der Waals surface area contributed by atoms with E-state index in [4.69, 9.17) is 0 Å². The maximum Gasteiger partial charge on any atom is -1.00 e. The van der Waals surface area contributed by atoms with Gasteiger partial charge in [-0.05, 0) is 0 Å². The first-order chi connectivity index (χ1) is 15.6. The molecular formula is C31H35Cl3SiTi. The number of rotatable bonds is 5. The molecule has 0 N–H and O–H groups in total. The third kappa shape index (κ3) is 5.98. The molecule has 4 rings (SSSR count). The molecule has 0 aliphatic heterocycles. The van der Waals surface area contributed by atoms with Crippen molar-refractivity contribution in [1.29, 1.82) is 0 Å². The monoisotopic (exact) mass is 588 g/mol. The van der Waals surface area contributed by atoms with E-state index in [9.17, 15) is 0 Å². The van der Waals surface area contributed by atoms with Crippen molar-refractivity contribution in [2.45, 2.75) is 57.7 Å². The Morgan fingerprint density at radius 3 is 1.86 bits per heavy atom. The zero-order chi connectivity index (χ0) is 23.9. The molecule has 0 fully saturated rings. The van der Waals surface area contributed by atoms with Crippen LogP contribution in [0.1, 0.15) is 59.7 Å². The summed E-state index contributed by atoms with van der Waals surface area (Å²) in [5.74, 6) is 0. The van der Waals surface area contributed by atoms with Gasteiger partial charge in [-0.1, -0.05) is 0 Å². The van der Waals surface area contributed by atoms with Crippen molar-refractivity contribution in [3.63, 3.8) is 0 Å². The summed E-state index contributed by atoms with van der Waals surface area (Å²) in [6.45, 7) is 16.1. The summed E-state index contributed by atoms with van der Waals surface area (Å²) >= 11 is 2.53. The fraction of sp³-hybridized carbons (Fsp3) is 0.290. The molecule has 1 aliphatic carbocycles. The third-order valence-corrected chi connectivity index (χ3v) is 12.3. The van der Waals surface area contributed by atoms with E-state index in [1.54, 1.807) is 16.3 Å². The predicted octanol–water partition coefficient (Wildman–Crippen LogP) is -2.00. The van der Waals surface area contributed by atoms with Gasteiger partial charge < -0.3 is 37.2 Å². The first-order valence-electron chi connectivity index (χ1n) is 12.0. The maximum absolute atomic E-state index is 2.53. The van der Waals surface area contributed by atoms with Gasteiger partial charge in [-0.3, -0.25) is 0 Å². The Hall–Kier alpha value is -1.06. The summed E-state index contributed by atoms with van der Waals surface area (Å²) in [5, 5.41) is 1.57. The van der Waals surface area contributed by atoms with Crippen molar-refractivity contribution >= 4 is 20.3 Å². The predicted molar refractivity (Wildman–Crippen MR) is 143 cm³/mol. The SMILES string of the molecule is CC1=C(C)[C]([Ti+3])(C([SiH2]c2cc(C)cc(C)c2)c2cccc(C)c2C)C(c2ccccc2)=C1C.[Cl-].[Cl-].[Cl-]. The second-order valence-corrected chi connectivity index (χ2v) is 13.2. The van der Waals surface area contributed by atoms with Crippen LogP contribution in [-0.4, -0.2) is 9.52 Å². The molecule has 0 nitrogen and oxygen atoms in total. The Balaban J connectivity index is 0.00000216. The van der Waals surface area contributed by atoms with Gasteiger partial charge in [-0.25, -0.2) is 0 Å². The fourth-order valence-electron chi connectivity index (χ4n) is 5.80. The molecule has 0 aromatic heterocycles. The summed E-state index contributed by atoms with van der Waals surface area (Å²) < 4.78 is -0.0159. The number of halogens is 3. The van der Waals surface area contributed by atoms with Crippen LogP contribution >= 0.6 is 0 Å². The molecule has 3 aromatic rings.